The van der Waals surface area contributed by atoms with Gasteiger partial charge in [-0.3, -0.25) is 29.0 Å². The smallest absolute Gasteiger partial charge is 0.286 e. The Morgan fingerprint density at radius 3 is 2.04 bits per heavy atom. The molecule has 0 bridgehead atoms. The van der Waals surface area contributed by atoms with E-state index in [0.717, 1.165) is 6.07 Å². The second kappa shape index (κ2) is 19.7. The molecule has 2 aromatic heterocycles. The third-order valence-corrected chi connectivity index (χ3v) is 8.54. The number of halogens is 1. The molecule has 0 aliphatic carbocycles. The van der Waals surface area contributed by atoms with Crippen LogP contribution in [0.25, 0.3) is 11.5 Å². The molecule has 2 unspecified atom stereocenters. The molecule has 2 atom stereocenters. The summed E-state index contributed by atoms with van der Waals surface area (Å²) in [6, 6.07) is 5.15. The normalized spacial score (nSPS) is 12.6. The van der Waals surface area contributed by atoms with Crippen molar-refractivity contribution in [2.75, 3.05) is 6.54 Å². The quantitative estimate of drug-likeness (QED) is 0.0684. The molecule has 0 fully saturated rings. The summed E-state index contributed by atoms with van der Waals surface area (Å²) in [5.41, 5.74) is -0.0853. The van der Waals surface area contributed by atoms with Gasteiger partial charge < -0.3 is 35.9 Å². The number of carbonyl (C=O) groups excluding carboxylic acids is 5. The lowest BCUT2D eigenvalue weighted by Gasteiger charge is -2.26. The Kier molecular flexibility index (Phi) is 15.7. The molecule has 2 heterocycles. The average Bonchev–Trinajstić information content (AvgIpc) is 3.57. The van der Waals surface area contributed by atoms with E-state index >= 15 is 0 Å². The molecule has 0 saturated heterocycles. The number of carbonyl (C=O) groups is 5. The van der Waals surface area contributed by atoms with Gasteiger partial charge in [-0.25, -0.2) is 0 Å². The van der Waals surface area contributed by atoms with E-state index in [0.29, 0.717) is 43.7 Å². The molecule has 0 aliphatic heterocycles. The number of phenolic OH excluding ortho intramolecular Hbond substituents is 2. The van der Waals surface area contributed by atoms with Crippen molar-refractivity contribution in [2.24, 2.45) is 11.8 Å². The van der Waals surface area contributed by atoms with Crippen LogP contribution in [0.15, 0.2) is 40.9 Å². The molecule has 1 aromatic carbocycles. The van der Waals surface area contributed by atoms with Crippen LogP contribution < -0.4 is 21.3 Å². The van der Waals surface area contributed by atoms with Gasteiger partial charge in [0, 0.05) is 47.8 Å². The highest BCUT2D eigenvalue weighted by molar-refractivity contribution is 6.30. The number of Topliss-reactive ketones (excluding diaryl/α,β-unsaturated/α-hetero) is 1. The Morgan fingerprint density at radius 2 is 1.43 bits per heavy atom. The second-order valence-corrected chi connectivity index (χ2v) is 14.7. The number of pyridine rings is 1. The molecular weight excluding hydrogens is 706 g/mol. The van der Waals surface area contributed by atoms with E-state index in [1.807, 2.05) is 27.7 Å². The zero-order chi connectivity index (χ0) is 39.3. The number of phenols is 2. The van der Waals surface area contributed by atoms with Crippen molar-refractivity contribution in [3.05, 3.63) is 53.1 Å². The molecule has 4 amide bonds. The van der Waals surface area contributed by atoms with Gasteiger partial charge in [-0.2, -0.15) is 0 Å². The lowest BCUT2D eigenvalue weighted by molar-refractivity contribution is -0.130. The molecule has 0 aliphatic rings. The SMILES string of the molecule is CC(C)C(NC(=O)CCCCC(C)(C)NC(=O)c1cc(Cl)ccn1)C(=O)NCCCCC(=O)NC(C(=O)c1nnc(-c2cc(O)cc(O)c2)o1)C(C)C. The molecular formula is C37H50ClN7O8. The zero-order valence-corrected chi connectivity index (χ0v) is 31.7. The standard InChI is InChI=1S/C37H50ClN7O8/c1-21(2)30(32(50)36-45-44-35(53-36)23-17-25(46)20-26(47)18-23)41-28(48)12-8-10-15-40-34(52)31(22(3)4)42-29(49)11-7-9-14-37(5,6)43-33(51)27-19-24(38)13-16-39-27/h13,16-22,30-31,46-47H,7-12,14-15H2,1-6H3,(H,40,52)(H,41,48)(H,42,49)(H,43,51). The second-order valence-electron chi connectivity index (χ2n) is 14.2. The summed E-state index contributed by atoms with van der Waals surface area (Å²) >= 11 is 5.96. The van der Waals surface area contributed by atoms with Crippen LogP contribution in [0.3, 0.4) is 0 Å². The first-order valence-electron chi connectivity index (χ1n) is 17.7. The van der Waals surface area contributed by atoms with E-state index in [4.69, 9.17) is 16.0 Å². The minimum absolute atomic E-state index is 0.0813. The van der Waals surface area contributed by atoms with Crippen molar-refractivity contribution in [1.29, 1.82) is 0 Å². The molecule has 0 radical (unpaired) electrons. The predicted molar refractivity (Wildman–Crippen MR) is 197 cm³/mol. The molecule has 0 saturated carbocycles. The molecule has 288 valence electrons. The van der Waals surface area contributed by atoms with E-state index in [1.54, 1.807) is 19.9 Å². The number of nitrogens with zero attached hydrogens (tertiary/aromatic N) is 3. The first kappa shape index (κ1) is 42.4. The largest absolute Gasteiger partial charge is 0.508 e. The van der Waals surface area contributed by atoms with Crippen molar-refractivity contribution >= 4 is 41.0 Å². The molecule has 6 N–H and O–H groups in total. The fourth-order valence-electron chi connectivity index (χ4n) is 5.40. The Balaban J connectivity index is 1.37. The first-order valence-corrected chi connectivity index (χ1v) is 18.0. The van der Waals surface area contributed by atoms with E-state index < -0.39 is 23.4 Å². The molecule has 15 nitrogen and oxygen atoms in total. The molecule has 0 spiro atoms. The Bertz CT molecular complexity index is 1720. The number of unbranched alkanes of at least 4 members (excludes halogenated alkanes) is 2. The van der Waals surface area contributed by atoms with Gasteiger partial charge in [0.2, 0.25) is 29.4 Å². The van der Waals surface area contributed by atoms with Gasteiger partial charge in [0.1, 0.15) is 23.2 Å². The summed E-state index contributed by atoms with van der Waals surface area (Å²) in [7, 11) is 0. The van der Waals surface area contributed by atoms with Crippen LogP contribution in [0, 0.1) is 11.8 Å². The maximum Gasteiger partial charge on any atom is 0.286 e. The summed E-state index contributed by atoms with van der Waals surface area (Å²) in [6.07, 6.45) is 4.58. The number of rotatable bonds is 20. The number of benzene rings is 1. The van der Waals surface area contributed by atoms with Gasteiger partial charge in [0.25, 0.3) is 11.8 Å². The van der Waals surface area contributed by atoms with Gasteiger partial charge >= 0.3 is 0 Å². The monoisotopic (exact) mass is 755 g/mol. The predicted octanol–water partition coefficient (Wildman–Crippen LogP) is 4.72. The number of nitrogens with one attached hydrogen (secondary N) is 4. The minimum Gasteiger partial charge on any atom is -0.508 e. The number of hydrogen-bond donors (Lipinski definition) is 6. The van der Waals surface area contributed by atoms with Gasteiger partial charge in [-0.15, -0.1) is 10.2 Å². The van der Waals surface area contributed by atoms with Gasteiger partial charge in [0.05, 0.1) is 6.04 Å². The highest BCUT2D eigenvalue weighted by atomic mass is 35.5. The maximum absolute atomic E-state index is 13.1. The number of hydrogen-bond acceptors (Lipinski definition) is 11. The van der Waals surface area contributed by atoms with Gasteiger partial charge in [-0.05, 0) is 75.6 Å². The summed E-state index contributed by atoms with van der Waals surface area (Å²) in [5.74, 6) is -3.14. The number of aromatic hydroxyl groups is 2. The van der Waals surface area contributed by atoms with Crippen molar-refractivity contribution in [3.63, 3.8) is 0 Å². The number of amides is 4. The van der Waals surface area contributed by atoms with E-state index in [-0.39, 0.29) is 82.8 Å². The van der Waals surface area contributed by atoms with Crippen molar-refractivity contribution in [3.8, 4) is 23.0 Å². The van der Waals surface area contributed by atoms with Crippen LogP contribution in [0.1, 0.15) is 108 Å². The molecule has 16 heteroatoms. The molecule has 53 heavy (non-hydrogen) atoms. The van der Waals surface area contributed by atoms with Crippen LogP contribution in [0.2, 0.25) is 5.02 Å². The van der Waals surface area contributed by atoms with E-state index in [9.17, 15) is 34.2 Å². The Morgan fingerprint density at radius 1 is 0.830 bits per heavy atom. The fourth-order valence-corrected chi connectivity index (χ4v) is 5.56. The summed E-state index contributed by atoms with van der Waals surface area (Å²) < 4.78 is 5.48. The summed E-state index contributed by atoms with van der Waals surface area (Å²) in [4.78, 5) is 68.1. The van der Waals surface area contributed by atoms with Gasteiger partial charge in [-0.1, -0.05) is 45.7 Å². The highest BCUT2D eigenvalue weighted by Crippen LogP contribution is 2.28. The van der Waals surface area contributed by atoms with E-state index in [1.165, 1.54) is 24.4 Å². The van der Waals surface area contributed by atoms with Crippen molar-refractivity contribution in [2.45, 2.75) is 104 Å². The minimum atomic E-state index is -0.937. The van der Waals surface area contributed by atoms with Crippen LogP contribution in [-0.2, 0) is 14.4 Å². The third kappa shape index (κ3) is 13.8. The fraction of sp³-hybridized carbons (Fsp3) is 0.514. The number of ketones is 1. The van der Waals surface area contributed by atoms with Crippen LogP contribution >= 0.6 is 11.6 Å². The van der Waals surface area contributed by atoms with Crippen LogP contribution in [0.5, 0.6) is 11.5 Å². The molecule has 3 rings (SSSR count). The topological polar surface area (TPSA) is 226 Å². The highest BCUT2D eigenvalue weighted by Gasteiger charge is 2.30. The Labute approximate surface area is 314 Å². The first-order chi connectivity index (χ1) is 25.0. The van der Waals surface area contributed by atoms with Crippen LogP contribution in [-0.4, -0.2) is 79.0 Å². The summed E-state index contributed by atoms with van der Waals surface area (Å²) in [6.45, 7) is 11.3. The summed E-state index contributed by atoms with van der Waals surface area (Å²) in [5, 5.41) is 38.8. The lowest BCUT2D eigenvalue weighted by Crippen LogP contribution is -2.49. The van der Waals surface area contributed by atoms with Crippen molar-refractivity contribution < 1.29 is 38.6 Å². The average molecular weight is 756 g/mol. The third-order valence-electron chi connectivity index (χ3n) is 8.31. The van der Waals surface area contributed by atoms with Gasteiger partial charge in [0.15, 0.2) is 0 Å². The van der Waals surface area contributed by atoms with E-state index in [2.05, 4.69) is 36.4 Å². The lowest BCUT2D eigenvalue weighted by atomic mass is 9.96. The number of aromatic nitrogens is 3. The zero-order valence-electron chi connectivity index (χ0n) is 31.0. The maximum atomic E-state index is 13.1. The van der Waals surface area contributed by atoms with Crippen LogP contribution in [0.4, 0.5) is 0 Å². The molecule has 3 aromatic rings. The van der Waals surface area contributed by atoms with Crippen molar-refractivity contribution in [1.82, 2.24) is 36.4 Å². The Hall–Kier alpha value is -5.05.